The minimum Gasteiger partial charge on any atom is -0.399 e. The van der Waals surface area contributed by atoms with Crippen LogP contribution < -0.4 is 11.1 Å². The fraction of sp³-hybridized carbons (Fsp3) is 0.214. The van der Waals surface area contributed by atoms with Crippen molar-refractivity contribution in [1.29, 1.82) is 0 Å². The number of amides is 1. The van der Waals surface area contributed by atoms with E-state index >= 15 is 0 Å². The van der Waals surface area contributed by atoms with Crippen molar-refractivity contribution in [3.05, 3.63) is 42.1 Å². The number of carbonyl (C=O) groups excluding carboxylic acids is 1. The van der Waals surface area contributed by atoms with E-state index in [1.165, 1.54) is 0 Å². The molecule has 3 aromatic rings. The maximum Gasteiger partial charge on any atom is 0.253 e. The predicted octanol–water partition coefficient (Wildman–Crippen LogP) is 0.851. The highest BCUT2D eigenvalue weighted by Crippen LogP contribution is 2.20. The molecule has 0 fully saturated rings. The number of fused-ring (bicyclic) bond motifs is 1. The van der Waals surface area contributed by atoms with E-state index in [0.717, 1.165) is 16.7 Å². The first-order valence-electron chi connectivity index (χ1n) is 6.63. The summed E-state index contributed by atoms with van der Waals surface area (Å²) in [5.41, 5.74) is 7.86. The molecule has 0 radical (unpaired) electrons. The predicted molar refractivity (Wildman–Crippen MR) is 79.8 cm³/mol. The van der Waals surface area contributed by atoms with Gasteiger partial charge in [0.2, 0.25) is 0 Å². The lowest BCUT2D eigenvalue weighted by Crippen LogP contribution is -2.26. The lowest BCUT2D eigenvalue weighted by molar-refractivity contribution is 0.0955. The number of hydrogen-bond donors (Lipinski definition) is 3. The van der Waals surface area contributed by atoms with Crippen LogP contribution >= 0.6 is 0 Å². The van der Waals surface area contributed by atoms with Crippen LogP contribution in [-0.2, 0) is 13.5 Å². The summed E-state index contributed by atoms with van der Waals surface area (Å²) in [5.74, 6) is 0.718. The minimum atomic E-state index is -0.117. The van der Waals surface area contributed by atoms with Crippen molar-refractivity contribution >= 4 is 22.5 Å². The third-order valence-electron chi connectivity index (χ3n) is 3.39. The SMILES string of the molecule is Cn1cnnc1CCNC(=O)c1c[nH]c2cc(N)ccc12. The summed E-state index contributed by atoms with van der Waals surface area (Å²) in [6.45, 7) is 0.507. The first-order chi connectivity index (χ1) is 10.1. The number of nitrogens with one attached hydrogen (secondary N) is 2. The average Bonchev–Trinajstić information content (AvgIpc) is 3.05. The molecule has 0 aliphatic carbocycles. The molecule has 1 amide bonds. The number of carbonyl (C=O) groups is 1. The molecular weight excluding hydrogens is 268 g/mol. The average molecular weight is 284 g/mol. The number of benzene rings is 1. The smallest absolute Gasteiger partial charge is 0.253 e. The Morgan fingerprint density at radius 3 is 3.10 bits per heavy atom. The second-order valence-electron chi connectivity index (χ2n) is 4.87. The molecule has 0 atom stereocenters. The molecule has 0 aliphatic heterocycles. The van der Waals surface area contributed by atoms with Crippen LogP contribution in [-0.4, -0.2) is 32.2 Å². The summed E-state index contributed by atoms with van der Waals surface area (Å²) in [4.78, 5) is 15.3. The normalized spacial score (nSPS) is 10.9. The second-order valence-corrected chi connectivity index (χ2v) is 4.87. The van der Waals surface area contributed by atoms with Crippen LogP contribution in [0.2, 0.25) is 0 Å². The van der Waals surface area contributed by atoms with Gasteiger partial charge in [0.15, 0.2) is 0 Å². The molecule has 2 aromatic heterocycles. The molecule has 0 spiro atoms. The fourth-order valence-electron chi connectivity index (χ4n) is 2.25. The lowest BCUT2D eigenvalue weighted by atomic mass is 10.1. The van der Waals surface area contributed by atoms with Gasteiger partial charge in [-0.25, -0.2) is 0 Å². The standard InChI is InChI=1S/C14H16N6O/c1-20-8-18-19-13(20)4-5-16-14(21)11-7-17-12-6-9(15)2-3-10(11)12/h2-3,6-8,17H,4-5,15H2,1H3,(H,16,21). The molecule has 7 heteroatoms. The molecule has 2 heterocycles. The first-order valence-corrected chi connectivity index (χ1v) is 6.63. The van der Waals surface area contributed by atoms with E-state index in [4.69, 9.17) is 5.73 Å². The summed E-state index contributed by atoms with van der Waals surface area (Å²) in [6, 6.07) is 5.44. The molecule has 0 saturated carbocycles. The van der Waals surface area contributed by atoms with Crippen LogP contribution in [0.5, 0.6) is 0 Å². The van der Waals surface area contributed by atoms with Crippen molar-refractivity contribution in [2.45, 2.75) is 6.42 Å². The molecule has 0 saturated heterocycles. The van der Waals surface area contributed by atoms with Crippen molar-refractivity contribution in [2.24, 2.45) is 7.05 Å². The van der Waals surface area contributed by atoms with Crippen LogP contribution in [0.4, 0.5) is 5.69 Å². The zero-order chi connectivity index (χ0) is 14.8. The van der Waals surface area contributed by atoms with Gasteiger partial charge in [0.05, 0.1) is 5.56 Å². The first kappa shape index (κ1) is 13.2. The Balaban J connectivity index is 1.68. The fourth-order valence-corrected chi connectivity index (χ4v) is 2.25. The van der Waals surface area contributed by atoms with Crippen molar-refractivity contribution in [2.75, 3.05) is 12.3 Å². The highest BCUT2D eigenvalue weighted by atomic mass is 16.1. The minimum absolute atomic E-state index is 0.117. The highest BCUT2D eigenvalue weighted by molar-refractivity contribution is 6.07. The summed E-state index contributed by atoms with van der Waals surface area (Å²) in [7, 11) is 1.88. The van der Waals surface area contributed by atoms with Gasteiger partial charge in [-0.2, -0.15) is 0 Å². The Labute approximate surface area is 121 Å². The number of aryl methyl sites for hydroxylation is 1. The number of nitrogens with zero attached hydrogens (tertiary/aromatic N) is 3. The number of aromatic amines is 1. The summed E-state index contributed by atoms with van der Waals surface area (Å²) in [6.07, 6.45) is 3.97. The van der Waals surface area contributed by atoms with E-state index in [1.54, 1.807) is 18.6 Å². The topological polar surface area (TPSA) is 102 Å². The summed E-state index contributed by atoms with van der Waals surface area (Å²) in [5, 5.41) is 11.5. The highest BCUT2D eigenvalue weighted by Gasteiger charge is 2.12. The molecule has 7 nitrogen and oxygen atoms in total. The van der Waals surface area contributed by atoms with Gasteiger partial charge in [0.1, 0.15) is 12.2 Å². The molecule has 108 valence electrons. The molecule has 0 bridgehead atoms. The van der Waals surface area contributed by atoms with E-state index in [-0.39, 0.29) is 5.91 Å². The largest absolute Gasteiger partial charge is 0.399 e. The number of rotatable bonds is 4. The van der Waals surface area contributed by atoms with Gasteiger partial charge in [-0.3, -0.25) is 4.79 Å². The molecule has 4 N–H and O–H groups in total. The monoisotopic (exact) mass is 284 g/mol. The Kier molecular flexibility index (Phi) is 3.31. The summed E-state index contributed by atoms with van der Waals surface area (Å²) < 4.78 is 1.83. The summed E-state index contributed by atoms with van der Waals surface area (Å²) >= 11 is 0. The zero-order valence-corrected chi connectivity index (χ0v) is 11.6. The van der Waals surface area contributed by atoms with Crippen LogP contribution in [0.1, 0.15) is 16.2 Å². The Bertz CT molecular complexity index is 788. The third-order valence-corrected chi connectivity index (χ3v) is 3.39. The molecule has 0 unspecified atom stereocenters. The van der Waals surface area contributed by atoms with Gasteiger partial charge in [0.25, 0.3) is 5.91 Å². The van der Waals surface area contributed by atoms with Crippen LogP contribution in [0, 0.1) is 0 Å². The number of nitrogen functional groups attached to an aromatic ring is 1. The van der Waals surface area contributed by atoms with Crippen LogP contribution in [0.3, 0.4) is 0 Å². The van der Waals surface area contributed by atoms with Gasteiger partial charge in [-0.15, -0.1) is 10.2 Å². The number of hydrogen-bond acceptors (Lipinski definition) is 4. The van der Waals surface area contributed by atoms with Crippen molar-refractivity contribution in [3.8, 4) is 0 Å². The van der Waals surface area contributed by atoms with Gasteiger partial charge in [0, 0.05) is 42.8 Å². The van der Waals surface area contributed by atoms with Gasteiger partial charge < -0.3 is 20.6 Å². The zero-order valence-electron chi connectivity index (χ0n) is 11.6. The van der Waals surface area contributed by atoms with E-state index in [9.17, 15) is 4.79 Å². The van der Waals surface area contributed by atoms with E-state index in [2.05, 4.69) is 20.5 Å². The number of anilines is 1. The van der Waals surface area contributed by atoms with Crippen molar-refractivity contribution in [3.63, 3.8) is 0 Å². The van der Waals surface area contributed by atoms with Crippen LogP contribution in [0.15, 0.2) is 30.7 Å². The van der Waals surface area contributed by atoms with E-state index in [0.29, 0.717) is 24.2 Å². The van der Waals surface area contributed by atoms with Gasteiger partial charge in [-0.05, 0) is 18.2 Å². The Morgan fingerprint density at radius 1 is 1.48 bits per heavy atom. The number of H-pyrrole nitrogens is 1. The van der Waals surface area contributed by atoms with Gasteiger partial charge >= 0.3 is 0 Å². The molecule has 21 heavy (non-hydrogen) atoms. The molecular formula is C14H16N6O. The van der Waals surface area contributed by atoms with Crippen LogP contribution in [0.25, 0.3) is 10.9 Å². The second kappa shape index (κ2) is 5.28. The molecule has 1 aromatic carbocycles. The lowest BCUT2D eigenvalue weighted by Gasteiger charge is -2.04. The quantitative estimate of drug-likeness (QED) is 0.618. The number of aromatic nitrogens is 4. The van der Waals surface area contributed by atoms with Crippen molar-refractivity contribution < 1.29 is 4.79 Å². The number of nitrogens with two attached hydrogens (primary N) is 1. The van der Waals surface area contributed by atoms with Crippen molar-refractivity contribution in [1.82, 2.24) is 25.1 Å². The molecule has 3 rings (SSSR count). The maximum absolute atomic E-state index is 12.2. The maximum atomic E-state index is 12.2. The Morgan fingerprint density at radius 2 is 2.33 bits per heavy atom. The van der Waals surface area contributed by atoms with E-state index < -0.39 is 0 Å². The molecule has 0 aliphatic rings. The van der Waals surface area contributed by atoms with E-state index in [1.807, 2.05) is 23.7 Å². The third kappa shape index (κ3) is 2.58. The van der Waals surface area contributed by atoms with Gasteiger partial charge in [-0.1, -0.05) is 0 Å². The Hall–Kier alpha value is -2.83.